The van der Waals surface area contributed by atoms with Gasteiger partial charge in [0.2, 0.25) is 5.88 Å². The maximum absolute atomic E-state index is 5.94. The molecule has 1 aromatic heterocycles. The van der Waals surface area contributed by atoms with Gasteiger partial charge in [-0.05, 0) is 55.0 Å². The number of rotatable bonds is 5. The number of halogens is 1. The summed E-state index contributed by atoms with van der Waals surface area (Å²) in [6.07, 6.45) is 1.05. The van der Waals surface area contributed by atoms with Gasteiger partial charge in [-0.2, -0.15) is 4.98 Å². The van der Waals surface area contributed by atoms with Crippen LogP contribution in [0.2, 0.25) is 0 Å². The zero-order valence-electron chi connectivity index (χ0n) is 11.9. The Morgan fingerprint density at radius 1 is 1.20 bits per heavy atom. The molecule has 0 saturated heterocycles. The molecule has 0 aliphatic heterocycles. The molecular formula is C15H18IN3O. The van der Waals surface area contributed by atoms with Crippen LogP contribution in [-0.2, 0) is 0 Å². The first-order chi connectivity index (χ1) is 9.61. The summed E-state index contributed by atoms with van der Waals surface area (Å²) in [4.78, 5) is 8.83. The molecule has 4 nitrogen and oxygen atoms in total. The molecule has 0 radical (unpaired) electrons. The first-order valence-electron chi connectivity index (χ1n) is 6.63. The lowest BCUT2D eigenvalue weighted by Gasteiger charge is -2.13. The zero-order valence-corrected chi connectivity index (χ0v) is 14.1. The molecule has 0 fully saturated rings. The van der Waals surface area contributed by atoms with Gasteiger partial charge in [0.25, 0.3) is 0 Å². The van der Waals surface area contributed by atoms with E-state index in [1.165, 1.54) is 0 Å². The summed E-state index contributed by atoms with van der Waals surface area (Å²) in [6.45, 7) is 6.86. The molecule has 0 aliphatic rings. The van der Waals surface area contributed by atoms with Crippen molar-refractivity contribution in [2.75, 3.05) is 11.9 Å². The van der Waals surface area contributed by atoms with E-state index in [2.05, 4.69) is 44.8 Å². The van der Waals surface area contributed by atoms with E-state index >= 15 is 0 Å². The minimum absolute atomic E-state index is 0.611. The van der Waals surface area contributed by atoms with Gasteiger partial charge >= 0.3 is 0 Å². The van der Waals surface area contributed by atoms with Gasteiger partial charge < -0.3 is 10.1 Å². The molecule has 1 aromatic carbocycles. The summed E-state index contributed by atoms with van der Waals surface area (Å²) in [5.41, 5.74) is 0.934. The maximum atomic E-state index is 5.94. The summed E-state index contributed by atoms with van der Waals surface area (Å²) in [6, 6.07) is 7.89. The number of hydrogen-bond donors (Lipinski definition) is 1. The number of anilines is 1. The molecule has 5 heteroatoms. The molecule has 0 unspecified atom stereocenters. The maximum Gasteiger partial charge on any atom is 0.227 e. The van der Waals surface area contributed by atoms with Crippen LogP contribution in [0.3, 0.4) is 0 Å². The van der Waals surface area contributed by atoms with E-state index in [9.17, 15) is 0 Å². The zero-order chi connectivity index (χ0) is 14.5. The molecular weight excluding hydrogens is 365 g/mol. The molecule has 1 N–H and O–H groups in total. The Labute approximate surface area is 133 Å². The molecule has 2 rings (SSSR count). The Morgan fingerprint density at radius 3 is 2.65 bits per heavy atom. The van der Waals surface area contributed by atoms with Crippen molar-refractivity contribution in [3.63, 3.8) is 0 Å². The van der Waals surface area contributed by atoms with Gasteiger partial charge in [0, 0.05) is 6.54 Å². The summed E-state index contributed by atoms with van der Waals surface area (Å²) in [7, 11) is 0. The second-order valence-electron chi connectivity index (χ2n) is 4.51. The highest BCUT2D eigenvalue weighted by molar-refractivity contribution is 14.1. The molecule has 2 aromatic rings. The average molecular weight is 383 g/mol. The number of nitrogens with zero attached hydrogens (tertiary/aromatic N) is 2. The van der Waals surface area contributed by atoms with Crippen LogP contribution in [0.5, 0.6) is 11.6 Å². The van der Waals surface area contributed by atoms with Crippen LogP contribution in [-0.4, -0.2) is 16.5 Å². The minimum atomic E-state index is 0.611. The third-order valence-corrected chi connectivity index (χ3v) is 3.69. The second-order valence-corrected chi connectivity index (χ2v) is 5.67. The van der Waals surface area contributed by atoms with Crippen molar-refractivity contribution < 1.29 is 4.74 Å². The Bertz CT molecular complexity index is 602. The van der Waals surface area contributed by atoms with Crippen LogP contribution in [0.1, 0.15) is 24.7 Å². The number of nitrogens with one attached hydrogen (secondary N) is 1. The van der Waals surface area contributed by atoms with Gasteiger partial charge in [0.05, 0.1) is 9.13 Å². The Balaban J connectivity index is 2.32. The summed E-state index contributed by atoms with van der Waals surface area (Å²) < 4.78 is 7.00. The second kappa shape index (κ2) is 6.88. The highest BCUT2D eigenvalue weighted by Gasteiger charge is 2.12. The van der Waals surface area contributed by atoms with Gasteiger partial charge in [0.15, 0.2) is 0 Å². The normalized spacial score (nSPS) is 10.4. The van der Waals surface area contributed by atoms with Gasteiger partial charge in [-0.15, -0.1) is 0 Å². The Morgan fingerprint density at radius 2 is 1.95 bits per heavy atom. The lowest BCUT2D eigenvalue weighted by molar-refractivity contribution is 0.453. The van der Waals surface area contributed by atoms with E-state index in [0.717, 1.165) is 33.7 Å². The van der Waals surface area contributed by atoms with Crippen molar-refractivity contribution in [3.8, 4) is 11.6 Å². The monoisotopic (exact) mass is 383 g/mol. The average Bonchev–Trinajstić information content (AvgIpc) is 2.43. The predicted molar refractivity (Wildman–Crippen MR) is 89.5 cm³/mol. The van der Waals surface area contributed by atoms with Gasteiger partial charge in [-0.3, -0.25) is 0 Å². The standard InChI is InChI=1S/C15H18IN3O/c1-4-9-17-14-10(2)15(19-11(3)18-14)20-13-8-6-5-7-12(13)16/h5-8H,4,9H2,1-3H3,(H,17,18,19). The lowest BCUT2D eigenvalue weighted by Crippen LogP contribution is -2.07. The predicted octanol–water partition coefficient (Wildman–Crippen LogP) is 4.31. The molecule has 0 bridgehead atoms. The van der Waals surface area contributed by atoms with Gasteiger partial charge in [-0.1, -0.05) is 19.1 Å². The molecule has 106 valence electrons. The van der Waals surface area contributed by atoms with Crippen LogP contribution in [0.25, 0.3) is 0 Å². The third-order valence-electron chi connectivity index (χ3n) is 2.80. The van der Waals surface area contributed by atoms with E-state index in [1.54, 1.807) is 0 Å². The quantitative estimate of drug-likeness (QED) is 0.782. The number of aromatic nitrogens is 2. The molecule has 20 heavy (non-hydrogen) atoms. The van der Waals surface area contributed by atoms with E-state index in [1.807, 2.05) is 38.1 Å². The molecule has 0 aliphatic carbocycles. The van der Waals surface area contributed by atoms with E-state index in [0.29, 0.717) is 11.7 Å². The van der Waals surface area contributed by atoms with Crippen molar-refractivity contribution >= 4 is 28.4 Å². The Hall–Kier alpha value is -1.37. The number of ether oxygens (including phenoxy) is 1. The number of para-hydroxylation sites is 1. The lowest BCUT2D eigenvalue weighted by atomic mass is 10.3. The van der Waals surface area contributed by atoms with Crippen molar-refractivity contribution in [3.05, 3.63) is 39.2 Å². The summed E-state index contributed by atoms with van der Waals surface area (Å²) in [5.74, 6) is 2.98. The summed E-state index contributed by atoms with van der Waals surface area (Å²) in [5, 5.41) is 3.31. The SMILES string of the molecule is CCCNc1nc(C)nc(Oc2ccccc2I)c1C. The highest BCUT2D eigenvalue weighted by Crippen LogP contribution is 2.29. The molecule has 0 amide bonds. The van der Waals surface area contributed by atoms with Crippen molar-refractivity contribution in [2.45, 2.75) is 27.2 Å². The van der Waals surface area contributed by atoms with Gasteiger partial charge in [0.1, 0.15) is 17.4 Å². The van der Waals surface area contributed by atoms with Crippen molar-refractivity contribution in [1.82, 2.24) is 9.97 Å². The van der Waals surface area contributed by atoms with Crippen LogP contribution < -0.4 is 10.1 Å². The summed E-state index contributed by atoms with van der Waals surface area (Å²) >= 11 is 2.25. The number of benzene rings is 1. The fourth-order valence-corrected chi connectivity index (χ4v) is 2.25. The van der Waals surface area contributed by atoms with Gasteiger partial charge in [-0.25, -0.2) is 4.98 Å². The number of hydrogen-bond acceptors (Lipinski definition) is 4. The van der Waals surface area contributed by atoms with Crippen molar-refractivity contribution in [1.29, 1.82) is 0 Å². The van der Waals surface area contributed by atoms with E-state index < -0.39 is 0 Å². The largest absolute Gasteiger partial charge is 0.437 e. The fraction of sp³-hybridized carbons (Fsp3) is 0.333. The fourth-order valence-electron chi connectivity index (χ4n) is 1.75. The highest BCUT2D eigenvalue weighted by atomic mass is 127. The molecule has 0 spiro atoms. The molecule has 0 saturated carbocycles. The minimum Gasteiger partial charge on any atom is -0.437 e. The first-order valence-corrected chi connectivity index (χ1v) is 7.71. The number of aryl methyl sites for hydroxylation is 1. The van der Waals surface area contributed by atoms with Crippen LogP contribution >= 0.6 is 22.6 Å². The van der Waals surface area contributed by atoms with E-state index in [-0.39, 0.29) is 0 Å². The van der Waals surface area contributed by atoms with E-state index in [4.69, 9.17) is 4.74 Å². The first kappa shape index (κ1) is 15.0. The van der Waals surface area contributed by atoms with Crippen LogP contribution in [0.4, 0.5) is 5.82 Å². The smallest absolute Gasteiger partial charge is 0.227 e. The molecule has 1 heterocycles. The molecule has 0 atom stereocenters. The Kier molecular flexibility index (Phi) is 5.17. The van der Waals surface area contributed by atoms with Crippen molar-refractivity contribution in [2.24, 2.45) is 0 Å². The third kappa shape index (κ3) is 3.59. The van der Waals surface area contributed by atoms with Crippen LogP contribution in [0.15, 0.2) is 24.3 Å². The topological polar surface area (TPSA) is 47.0 Å². The van der Waals surface area contributed by atoms with Crippen LogP contribution in [0, 0.1) is 17.4 Å².